The lowest BCUT2D eigenvalue weighted by Crippen LogP contribution is -2.29. The molecule has 1 aromatic heterocycles. The van der Waals surface area contributed by atoms with Crippen molar-refractivity contribution in [2.24, 2.45) is 5.73 Å². The van der Waals surface area contributed by atoms with Gasteiger partial charge in [-0.25, -0.2) is 8.78 Å². The van der Waals surface area contributed by atoms with Crippen LogP contribution in [-0.2, 0) is 6.54 Å². The van der Waals surface area contributed by atoms with Crippen molar-refractivity contribution in [3.8, 4) is 0 Å². The first-order valence-corrected chi connectivity index (χ1v) is 5.42. The molecule has 0 radical (unpaired) electrons. The zero-order valence-corrected chi connectivity index (χ0v) is 9.77. The average molecular weight is 264 g/mol. The summed E-state index contributed by atoms with van der Waals surface area (Å²) >= 11 is 0. The van der Waals surface area contributed by atoms with Crippen molar-refractivity contribution in [1.29, 1.82) is 0 Å². The number of carbonyl (C=O) groups is 1. The molecule has 1 heterocycles. The van der Waals surface area contributed by atoms with Gasteiger partial charge >= 0.3 is 0 Å². The molecule has 98 valence electrons. The Morgan fingerprint density at radius 1 is 1.21 bits per heavy atom. The van der Waals surface area contributed by atoms with Crippen LogP contribution in [0.2, 0.25) is 0 Å². The second-order valence-electron chi connectivity index (χ2n) is 3.97. The number of nitrogens with two attached hydrogens (primary N) is 1. The monoisotopic (exact) mass is 264 g/mol. The normalized spacial score (nSPS) is 10.4. The van der Waals surface area contributed by atoms with Crippen molar-refractivity contribution in [1.82, 2.24) is 4.57 Å². The summed E-state index contributed by atoms with van der Waals surface area (Å²) in [4.78, 5) is 22.9. The maximum absolute atomic E-state index is 13.1. The van der Waals surface area contributed by atoms with Gasteiger partial charge in [-0.15, -0.1) is 0 Å². The van der Waals surface area contributed by atoms with E-state index in [1.54, 1.807) is 0 Å². The molecule has 0 saturated heterocycles. The molecule has 4 nitrogen and oxygen atoms in total. The summed E-state index contributed by atoms with van der Waals surface area (Å²) in [6.45, 7) is 0.0250. The van der Waals surface area contributed by atoms with Crippen LogP contribution in [0.3, 0.4) is 0 Å². The van der Waals surface area contributed by atoms with Gasteiger partial charge in [0.25, 0.3) is 11.5 Å². The van der Waals surface area contributed by atoms with Gasteiger partial charge in [0.15, 0.2) is 11.6 Å². The van der Waals surface area contributed by atoms with Crippen LogP contribution in [-0.4, -0.2) is 10.5 Å². The van der Waals surface area contributed by atoms with E-state index >= 15 is 0 Å². The highest BCUT2D eigenvalue weighted by Gasteiger charge is 2.09. The SMILES string of the molecule is NC(=O)c1cccn(Cc2ccc(F)c(F)c2)c1=O. The molecule has 1 amide bonds. The van der Waals surface area contributed by atoms with Crippen LogP contribution < -0.4 is 11.3 Å². The highest BCUT2D eigenvalue weighted by atomic mass is 19.2. The van der Waals surface area contributed by atoms with E-state index in [-0.39, 0.29) is 12.1 Å². The minimum absolute atomic E-state index is 0.0250. The second-order valence-corrected chi connectivity index (χ2v) is 3.97. The van der Waals surface area contributed by atoms with Crippen LogP contribution in [0.5, 0.6) is 0 Å². The first-order valence-electron chi connectivity index (χ1n) is 5.42. The first-order chi connectivity index (χ1) is 8.99. The molecule has 2 rings (SSSR count). The molecular weight excluding hydrogens is 254 g/mol. The maximum atomic E-state index is 13.1. The van der Waals surface area contributed by atoms with E-state index in [2.05, 4.69) is 0 Å². The summed E-state index contributed by atoms with van der Waals surface area (Å²) < 4.78 is 27.0. The van der Waals surface area contributed by atoms with Crippen LogP contribution in [0.4, 0.5) is 8.78 Å². The minimum atomic E-state index is -0.989. The van der Waals surface area contributed by atoms with E-state index in [0.717, 1.165) is 12.1 Å². The Morgan fingerprint density at radius 3 is 2.58 bits per heavy atom. The number of nitrogens with zero attached hydrogens (tertiary/aromatic N) is 1. The van der Waals surface area contributed by atoms with Gasteiger partial charge in [0.05, 0.1) is 6.54 Å². The third kappa shape index (κ3) is 2.67. The summed E-state index contributed by atoms with van der Waals surface area (Å²) in [5, 5.41) is 0. The highest BCUT2D eigenvalue weighted by Crippen LogP contribution is 2.09. The van der Waals surface area contributed by atoms with E-state index in [0.29, 0.717) is 5.56 Å². The van der Waals surface area contributed by atoms with Gasteiger partial charge < -0.3 is 10.3 Å². The van der Waals surface area contributed by atoms with Crippen molar-refractivity contribution in [2.75, 3.05) is 0 Å². The number of aromatic nitrogens is 1. The fraction of sp³-hybridized carbons (Fsp3) is 0.0769. The fourth-order valence-corrected chi connectivity index (χ4v) is 1.68. The maximum Gasteiger partial charge on any atom is 0.263 e. The van der Waals surface area contributed by atoms with Crippen molar-refractivity contribution >= 4 is 5.91 Å². The van der Waals surface area contributed by atoms with Crippen LogP contribution in [0.25, 0.3) is 0 Å². The molecule has 2 aromatic rings. The van der Waals surface area contributed by atoms with Crippen molar-refractivity contribution in [2.45, 2.75) is 6.54 Å². The van der Waals surface area contributed by atoms with Gasteiger partial charge in [-0.2, -0.15) is 0 Å². The van der Waals surface area contributed by atoms with E-state index in [1.165, 1.54) is 29.0 Å². The van der Waals surface area contributed by atoms with Gasteiger partial charge in [0.1, 0.15) is 5.56 Å². The third-order valence-electron chi connectivity index (χ3n) is 2.62. The summed E-state index contributed by atoms with van der Waals surface area (Å²) in [6.07, 6.45) is 1.44. The molecule has 0 saturated carbocycles. The zero-order chi connectivity index (χ0) is 14.0. The number of benzene rings is 1. The lowest BCUT2D eigenvalue weighted by atomic mass is 10.2. The zero-order valence-electron chi connectivity index (χ0n) is 9.77. The quantitative estimate of drug-likeness (QED) is 0.907. The molecule has 2 N–H and O–H groups in total. The number of pyridine rings is 1. The van der Waals surface area contributed by atoms with Gasteiger partial charge in [-0.3, -0.25) is 9.59 Å². The number of rotatable bonds is 3. The first kappa shape index (κ1) is 12.9. The van der Waals surface area contributed by atoms with E-state index < -0.39 is 23.1 Å². The molecule has 0 atom stereocenters. The van der Waals surface area contributed by atoms with Gasteiger partial charge in [0.2, 0.25) is 0 Å². The number of hydrogen-bond donors (Lipinski definition) is 1. The molecule has 0 aliphatic rings. The Balaban J connectivity index is 2.38. The van der Waals surface area contributed by atoms with E-state index in [9.17, 15) is 18.4 Å². The smallest absolute Gasteiger partial charge is 0.263 e. The number of halogens is 2. The molecule has 0 fully saturated rings. The Morgan fingerprint density at radius 2 is 1.95 bits per heavy atom. The molecular formula is C13H10F2N2O2. The Bertz CT molecular complexity index is 695. The van der Waals surface area contributed by atoms with E-state index in [4.69, 9.17) is 5.73 Å². The molecule has 0 aliphatic carbocycles. The summed E-state index contributed by atoms with van der Waals surface area (Å²) in [7, 11) is 0. The number of amides is 1. The standard InChI is InChI=1S/C13H10F2N2O2/c14-10-4-3-8(6-11(10)15)7-17-5-1-2-9(12(16)18)13(17)19/h1-6H,7H2,(H2,16,18). The minimum Gasteiger partial charge on any atom is -0.365 e. The molecule has 6 heteroatoms. The molecule has 0 aliphatic heterocycles. The number of hydrogen-bond acceptors (Lipinski definition) is 2. The van der Waals surface area contributed by atoms with Crippen molar-refractivity contribution in [3.63, 3.8) is 0 Å². The average Bonchev–Trinajstić information content (AvgIpc) is 2.36. The number of primary amides is 1. The van der Waals surface area contributed by atoms with Gasteiger partial charge in [-0.1, -0.05) is 6.07 Å². The highest BCUT2D eigenvalue weighted by molar-refractivity contribution is 5.92. The summed E-state index contributed by atoms with van der Waals surface area (Å²) in [6, 6.07) is 6.14. The van der Waals surface area contributed by atoms with E-state index in [1.807, 2.05) is 0 Å². The fourth-order valence-electron chi connectivity index (χ4n) is 1.68. The lowest BCUT2D eigenvalue weighted by molar-refractivity contribution is 0.0998. The van der Waals surface area contributed by atoms with Crippen LogP contribution in [0, 0.1) is 11.6 Å². The summed E-state index contributed by atoms with van der Waals surface area (Å²) in [5.74, 6) is -2.77. The van der Waals surface area contributed by atoms with Crippen LogP contribution in [0.1, 0.15) is 15.9 Å². The molecule has 1 aromatic carbocycles. The molecule has 0 bridgehead atoms. The van der Waals surface area contributed by atoms with Gasteiger partial charge in [-0.05, 0) is 29.8 Å². The van der Waals surface area contributed by atoms with Crippen LogP contribution in [0.15, 0.2) is 41.3 Å². The summed E-state index contributed by atoms with van der Waals surface area (Å²) in [5.41, 5.74) is 4.75. The topological polar surface area (TPSA) is 65.1 Å². The predicted molar refractivity (Wildman–Crippen MR) is 64.7 cm³/mol. The third-order valence-corrected chi connectivity index (χ3v) is 2.62. The van der Waals surface area contributed by atoms with Crippen molar-refractivity contribution < 1.29 is 13.6 Å². The predicted octanol–water partition coefficient (Wildman–Crippen LogP) is 1.27. The Kier molecular flexibility index (Phi) is 3.41. The number of carbonyl (C=O) groups excluding carboxylic acids is 1. The van der Waals surface area contributed by atoms with Crippen molar-refractivity contribution in [3.05, 3.63) is 69.6 Å². The Labute approximate surface area is 107 Å². The second kappa shape index (κ2) is 5.01. The Hall–Kier alpha value is -2.50. The van der Waals surface area contributed by atoms with Gasteiger partial charge in [0, 0.05) is 6.20 Å². The lowest BCUT2D eigenvalue weighted by Gasteiger charge is -2.07. The largest absolute Gasteiger partial charge is 0.365 e. The molecule has 0 spiro atoms. The molecule has 19 heavy (non-hydrogen) atoms. The molecule has 0 unspecified atom stereocenters. The van der Waals surface area contributed by atoms with Crippen LogP contribution >= 0.6 is 0 Å².